The van der Waals surface area contributed by atoms with Gasteiger partial charge in [-0.1, -0.05) is 41.8 Å². The van der Waals surface area contributed by atoms with Crippen LogP contribution in [-0.2, 0) is 0 Å². The lowest BCUT2D eigenvalue weighted by atomic mass is 10.1. The van der Waals surface area contributed by atoms with E-state index >= 15 is 0 Å². The molecule has 1 aromatic heterocycles. The molecule has 0 aliphatic heterocycles. The lowest BCUT2D eigenvalue weighted by Crippen LogP contribution is -2.13. The number of amides is 1. The number of fused-ring (bicyclic) bond motifs is 1. The van der Waals surface area contributed by atoms with Crippen LogP contribution in [0.25, 0.3) is 10.2 Å². The smallest absolute Gasteiger partial charge is 0.256 e. The molecule has 0 saturated heterocycles. The molecule has 9 heteroatoms. The highest BCUT2D eigenvalue weighted by Crippen LogP contribution is 2.27. The second-order valence-corrected chi connectivity index (χ2v) is 7.95. The molecule has 0 radical (unpaired) electrons. The summed E-state index contributed by atoms with van der Waals surface area (Å²) in [5, 5.41) is 1.31. The van der Waals surface area contributed by atoms with E-state index in [1.807, 2.05) is 18.2 Å². The molecule has 1 aliphatic carbocycles. The van der Waals surface area contributed by atoms with Gasteiger partial charge in [-0.05, 0) is 43.2 Å². The largest absolute Gasteiger partial charge is 0.496 e. The fraction of sp³-hybridized carbons (Fsp3) is 0.333. The van der Waals surface area contributed by atoms with Gasteiger partial charge in [0.25, 0.3) is 5.91 Å². The van der Waals surface area contributed by atoms with Crippen molar-refractivity contribution >= 4 is 44.2 Å². The van der Waals surface area contributed by atoms with Gasteiger partial charge < -0.3 is 20.9 Å². The standard InChI is InChI=1S/C9H11NO3.C7H5ClN2S.C5H9F/c1-12-6-4-3-5-7(13-2)8(6)9(10)11;8-4-1-2-5-6(3-4)11-7(9)10-5;6-5-3-1-2-4-5/h3-5H,1-2H3,(H2,10,11);1-3H,(H2,9,10);5H,1-4H2. The molecule has 162 valence electrons. The van der Waals surface area contributed by atoms with E-state index in [0.29, 0.717) is 16.6 Å². The maximum Gasteiger partial charge on any atom is 0.256 e. The van der Waals surface area contributed by atoms with Gasteiger partial charge >= 0.3 is 0 Å². The number of thiazole rings is 1. The van der Waals surface area contributed by atoms with Crippen LogP contribution in [-0.4, -0.2) is 31.3 Å². The van der Waals surface area contributed by atoms with Crippen LogP contribution >= 0.6 is 22.9 Å². The topological polar surface area (TPSA) is 100 Å². The van der Waals surface area contributed by atoms with Gasteiger partial charge in [-0.15, -0.1) is 0 Å². The third-order valence-corrected chi connectivity index (χ3v) is 5.41. The predicted molar refractivity (Wildman–Crippen MR) is 120 cm³/mol. The lowest BCUT2D eigenvalue weighted by molar-refractivity contribution is 0.0994. The number of nitrogen functional groups attached to an aromatic ring is 1. The van der Waals surface area contributed by atoms with Crippen molar-refractivity contribution in [3.63, 3.8) is 0 Å². The number of anilines is 1. The number of alkyl halides is 1. The highest BCUT2D eigenvalue weighted by molar-refractivity contribution is 7.22. The molecule has 1 fully saturated rings. The zero-order valence-electron chi connectivity index (χ0n) is 16.9. The normalized spacial score (nSPS) is 13.1. The van der Waals surface area contributed by atoms with E-state index in [1.165, 1.54) is 25.6 Å². The fourth-order valence-electron chi connectivity index (χ4n) is 2.89. The number of benzene rings is 2. The van der Waals surface area contributed by atoms with Gasteiger partial charge in [0.2, 0.25) is 0 Å². The minimum Gasteiger partial charge on any atom is -0.496 e. The van der Waals surface area contributed by atoms with Crippen molar-refractivity contribution in [3.8, 4) is 11.5 Å². The number of methoxy groups -OCH3 is 2. The van der Waals surface area contributed by atoms with Crippen LogP contribution in [0, 0.1) is 0 Å². The van der Waals surface area contributed by atoms with E-state index in [2.05, 4.69) is 4.98 Å². The number of halogens is 2. The quantitative estimate of drug-likeness (QED) is 0.565. The molecule has 30 heavy (non-hydrogen) atoms. The average molecular weight is 454 g/mol. The Kier molecular flexibility index (Phi) is 9.14. The second-order valence-electron chi connectivity index (χ2n) is 6.45. The molecular weight excluding hydrogens is 429 g/mol. The number of hydrogen-bond donors (Lipinski definition) is 2. The van der Waals surface area contributed by atoms with Crippen molar-refractivity contribution in [2.24, 2.45) is 5.73 Å². The molecule has 0 unspecified atom stereocenters. The summed E-state index contributed by atoms with van der Waals surface area (Å²) in [5.74, 6) is 0.285. The first-order valence-electron chi connectivity index (χ1n) is 9.32. The third-order valence-electron chi connectivity index (χ3n) is 4.33. The monoisotopic (exact) mass is 453 g/mol. The number of nitrogens with zero attached hydrogens (tertiary/aromatic N) is 1. The summed E-state index contributed by atoms with van der Waals surface area (Å²) in [6.45, 7) is 0. The molecule has 0 atom stereocenters. The number of primary amides is 1. The van der Waals surface area contributed by atoms with Crippen molar-refractivity contribution < 1.29 is 18.7 Å². The van der Waals surface area contributed by atoms with E-state index < -0.39 is 12.1 Å². The van der Waals surface area contributed by atoms with Gasteiger partial charge in [0, 0.05) is 5.02 Å². The van der Waals surface area contributed by atoms with Crippen molar-refractivity contribution in [3.05, 3.63) is 47.0 Å². The van der Waals surface area contributed by atoms with Gasteiger partial charge in [0.05, 0.1) is 24.4 Å². The first kappa shape index (κ1) is 23.7. The van der Waals surface area contributed by atoms with E-state index in [-0.39, 0.29) is 5.56 Å². The molecule has 1 aliphatic rings. The minimum absolute atomic E-state index is 0.271. The van der Waals surface area contributed by atoms with E-state index in [1.54, 1.807) is 18.2 Å². The number of nitrogens with two attached hydrogens (primary N) is 2. The van der Waals surface area contributed by atoms with Crippen molar-refractivity contribution in [2.45, 2.75) is 31.9 Å². The Hall–Kier alpha value is -2.58. The Morgan fingerprint density at radius 1 is 1.17 bits per heavy atom. The van der Waals surface area contributed by atoms with Gasteiger partial charge in [0.1, 0.15) is 23.2 Å². The first-order valence-corrected chi connectivity index (χ1v) is 10.5. The molecule has 3 aromatic rings. The zero-order valence-corrected chi connectivity index (χ0v) is 18.4. The molecule has 1 saturated carbocycles. The summed E-state index contributed by atoms with van der Waals surface area (Å²) in [6.07, 6.45) is 3.41. The number of carbonyl (C=O) groups excluding carboxylic acids is 1. The summed E-state index contributed by atoms with van der Waals surface area (Å²) in [4.78, 5) is 15.1. The summed E-state index contributed by atoms with van der Waals surface area (Å²) in [5.41, 5.74) is 11.9. The Labute approximate surface area is 183 Å². The number of rotatable bonds is 3. The lowest BCUT2D eigenvalue weighted by Gasteiger charge is -2.09. The van der Waals surface area contributed by atoms with Gasteiger partial charge in [-0.2, -0.15) is 0 Å². The third kappa shape index (κ3) is 6.74. The predicted octanol–water partition coefficient (Wildman–Crippen LogP) is 5.23. The molecule has 4 N–H and O–H groups in total. The zero-order chi connectivity index (χ0) is 22.1. The van der Waals surface area contributed by atoms with Crippen LogP contribution < -0.4 is 20.9 Å². The molecule has 1 heterocycles. The number of hydrogen-bond acceptors (Lipinski definition) is 6. The molecule has 0 spiro atoms. The SMILES string of the molecule is COc1cccc(OC)c1C(N)=O.FC1CCCC1.Nc1nc2ccc(Cl)cc2s1. The van der Waals surface area contributed by atoms with E-state index in [0.717, 1.165) is 40.9 Å². The van der Waals surface area contributed by atoms with Crippen molar-refractivity contribution in [1.82, 2.24) is 4.98 Å². The summed E-state index contributed by atoms with van der Waals surface area (Å²) < 4.78 is 22.9. The average Bonchev–Trinajstić information content (AvgIpc) is 3.35. The molecule has 6 nitrogen and oxygen atoms in total. The van der Waals surface area contributed by atoms with Gasteiger partial charge in [-0.3, -0.25) is 4.79 Å². The molecular formula is C21H25ClFN3O3S. The highest BCUT2D eigenvalue weighted by atomic mass is 35.5. The second kappa shape index (κ2) is 11.6. The minimum atomic E-state index is -0.561. The number of carbonyl (C=O) groups is 1. The Morgan fingerprint density at radius 2 is 1.77 bits per heavy atom. The van der Waals surface area contributed by atoms with Crippen molar-refractivity contribution in [1.29, 1.82) is 0 Å². The summed E-state index contributed by atoms with van der Waals surface area (Å²) in [6, 6.07) is 10.6. The maximum atomic E-state index is 11.9. The van der Waals surface area contributed by atoms with Gasteiger partial charge in [-0.25, -0.2) is 9.37 Å². The Bertz CT molecular complexity index is 955. The van der Waals surface area contributed by atoms with Crippen LogP contribution in [0.3, 0.4) is 0 Å². The molecule has 0 bridgehead atoms. The molecule has 2 aromatic carbocycles. The van der Waals surface area contributed by atoms with Crippen LogP contribution in [0.5, 0.6) is 11.5 Å². The van der Waals surface area contributed by atoms with E-state index in [9.17, 15) is 9.18 Å². The van der Waals surface area contributed by atoms with Crippen LogP contribution in [0.1, 0.15) is 36.0 Å². The first-order chi connectivity index (χ1) is 14.3. The van der Waals surface area contributed by atoms with Crippen LogP contribution in [0.2, 0.25) is 5.02 Å². The van der Waals surface area contributed by atoms with Crippen LogP contribution in [0.15, 0.2) is 36.4 Å². The Balaban J connectivity index is 0.000000170. The molecule has 1 amide bonds. The number of ether oxygens (including phenoxy) is 2. The van der Waals surface area contributed by atoms with Crippen LogP contribution in [0.4, 0.5) is 9.52 Å². The summed E-state index contributed by atoms with van der Waals surface area (Å²) in [7, 11) is 2.95. The van der Waals surface area contributed by atoms with Gasteiger partial charge in [0.15, 0.2) is 5.13 Å². The maximum absolute atomic E-state index is 11.9. The highest BCUT2D eigenvalue weighted by Gasteiger charge is 2.14. The number of aromatic nitrogens is 1. The molecule has 4 rings (SSSR count). The van der Waals surface area contributed by atoms with E-state index in [4.69, 9.17) is 32.5 Å². The fourth-order valence-corrected chi connectivity index (χ4v) is 3.90. The summed E-state index contributed by atoms with van der Waals surface area (Å²) >= 11 is 7.21. The Morgan fingerprint density at radius 3 is 2.23 bits per heavy atom. The van der Waals surface area contributed by atoms with Crippen molar-refractivity contribution in [2.75, 3.05) is 20.0 Å².